The van der Waals surface area contributed by atoms with Gasteiger partial charge in [-0.05, 0) is 12.1 Å². The van der Waals surface area contributed by atoms with E-state index < -0.39 is 14.0 Å². The van der Waals surface area contributed by atoms with E-state index in [0.29, 0.717) is 5.75 Å². The van der Waals surface area contributed by atoms with Crippen LogP contribution in [0.4, 0.5) is 0 Å². The molecule has 15 heavy (non-hydrogen) atoms. The van der Waals surface area contributed by atoms with Gasteiger partial charge in [0, 0.05) is 6.16 Å². The zero-order valence-corrected chi connectivity index (χ0v) is 13.2. The number of carbonyl (C=O) groups is 1. The first-order valence-electron chi connectivity index (χ1n) is 4.16. The SMILES string of the molecule is O=C(O)CC[PH](=O)Oc1ccccc1.[SnH2]. The molecule has 1 unspecified atom stereocenters. The Kier molecular flexibility index (Phi) is 7.52. The van der Waals surface area contributed by atoms with Gasteiger partial charge in [-0.15, -0.1) is 0 Å². The Hall–Kier alpha value is -0.481. The van der Waals surface area contributed by atoms with Crippen molar-refractivity contribution in [1.29, 1.82) is 0 Å². The van der Waals surface area contributed by atoms with Gasteiger partial charge in [0.1, 0.15) is 5.75 Å². The Morgan fingerprint density at radius 2 is 1.93 bits per heavy atom. The summed E-state index contributed by atoms with van der Waals surface area (Å²) in [5.41, 5.74) is 0. The Labute approximate surface area is 105 Å². The van der Waals surface area contributed by atoms with Gasteiger partial charge in [-0.3, -0.25) is 9.36 Å². The summed E-state index contributed by atoms with van der Waals surface area (Å²) in [6.07, 6.45) is -0.0421. The second-order valence-electron chi connectivity index (χ2n) is 2.68. The summed E-state index contributed by atoms with van der Waals surface area (Å²) in [7, 11) is -2.27. The Morgan fingerprint density at radius 3 is 2.47 bits per heavy atom. The van der Waals surface area contributed by atoms with E-state index in [1.54, 1.807) is 24.3 Å². The van der Waals surface area contributed by atoms with Gasteiger partial charge < -0.3 is 9.63 Å². The van der Waals surface area contributed by atoms with Gasteiger partial charge in [0.2, 0.25) is 8.03 Å². The molecule has 1 N–H and O–H groups in total. The predicted octanol–water partition coefficient (Wildman–Crippen LogP) is 1.10. The first-order valence-corrected chi connectivity index (χ1v) is 5.68. The third-order valence-electron chi connectivity index (χ3n) is 1.52. The molecule has 0 fully saturated rings. The summed E-state index contributed by atoms with van der Waals surface area (Å²) in [6.45, 7) is 0. The number of carboxylic acid groups (broad SMARTS) is 1. The first-order chi connectivity index (χ1) is 6.68. The fraction of sp³-hybridized carbons (Fsp3) is 0.222. The molecule has 1 atom stereocenters. The number of para-hydroxylation sites is 1. The molecule has 0 aliphatic heterocycles. The topological polar surface area (TPSA) is 63.6 Å². The van der Waals surface area contributed by atoms with Crippen molar-refractivity contribution in [1.82, 2.24) is 0 Å². The Morgan fingerprint density at radius 1 is 1.33 bits per heavy atom. The minimum absolute atomic E-state index is 0. The zero-order valence-electron chi connectivity index (χ0n) is 8.18. The van der Waals surface area contributed by atoms with E-state index in [1.807, 2.05) is 6.07 Å². The minimum atomic E-state index is -2.27. The maximum absolute atomic E-state index is 11.2. The van der Waals surface area contributed by atoms with Crippen molar-refractivity contribution in [2.24, 2.45) is 0 Å². The van der Waals surface area contributed by atoms with Crippen molar-refractivity contribution in [2.45, 2.75) is 6.42 Å². The Balaban J connectivity index is 0.00000196. The zero-order chi connectivity index (χ0) is 10.4. The van der Waals surface area contributed by atoms with E-state index in [2.05, 4.69) is 0 Å². The van der Waals surface area contributed by atoms with Crippen LogP contribution < -0.4 is 4.52 Å². The summed E-state index contributed by atoms with van der Waals surface area (Å²) < 4.78 is 16.3. The third kappa shape index (κ3) is 6.57. The van der Waals surface area contributed by atoms with Crippen molar-refractivity contribution >= 4 is 37.9 Å². The van der Waals surface area contributed by atoms with Crippen molar-refractivity contribution in [3.8, 4) is 5.75 Å². The van der Waals surface area contributed by atoms with E-state index in [-0.39, 0.29) is 36.5 Å². The van der Waals surface area contributed by atoms with Gasteiger partial charge in [0.25, 0.3) is 0 Å². The molecule has 2 radical (unpaired) electrons. The van der Waals surface area contributed by atoms with E-state index in [1.165, 1.54) is 0 Å². The van der Waals surface area contributed by atoms with Gasteiger partial charge >= 0.3 is 29.9 Å². The van der Waals surface area contributed by atoms with Crippen LogP contribution in [0.5, 0.6) is 5.75 Å². The van der Waals surface area contributed by atoms with Gasteiger partial charge in [-0.1, -0.05) is 18.2 Å². The normalized spacial score (nSPS) is 11.2. The molecule has 0 bridgehead atoms. The molecule has 1 aromatic rings. The van der Waals surface area contributed by atoms with Crippen molar-refractivity contribution in [3.05, 3.63) is 30.3 Å². The average molecular weight is 335 g/mol. The standard InChI is InChI=1S/C9H11O4P.Sn.2H/c10-9(11)6-7-14(12)13-8-4-2-1-3-5-8;;;/h1-5,14H,6-7H2,(H,10,11);;;. The molecule has 1 aromatic carbocycles. The van der Waals surface area contributed by atoms with Crippen molar-refractivity contribution < 1.29 is 19.0 Å². The number of hydrogen-bond acceptors (Lipinski definition) is 3. The molecule has 0 aromatic heterocycles. The third-order valence-corrected chi connectivity index (χ3v) is 2.64. The molecule has 1 rings (SSSR count). The van der Waals surface area contributed by atoms with Crippen LogP contribution in [0.3, 0.4) is 0 Å². The number of aliphatic carboxylic acids is 1. The number of benzene rings is 1. The van der Waals surface area contributed by atoms with Crippen LogP contribution in [-0.4, -0.2) is 41.1 Å². The molecule has 0 aliphatic carbocycles. The second kappa shape index (κ2) is 7.76. The summed E-state index contributed by atoms with van der Waals surface area (Å²) >= 11 is 0. The van der Waals surface area contributed by atoms with E-state index in [9.17, 15) is 9.36 Å². The first kappa shape index (κ1) is 14.5. The molecule has 0 amide bonds. The molecule has 0 saturated carbocycles. The van der Waals surface area contributed by atoms with E-state index in [0.717, 1.165) is 0 Å². The fourth-order valence-electron chi connectivity index (χ4n) is 0.880. The summed E-state index contributed by atoms with van der Waals surface area (Å²) in [5.74, 6) is -0.443. The van der Waals surface area contributed by atoms with Crippen molar-refractivity contribution in [3.63, 3.8) is 0 Å². The van der Waals surface area contributed by atoms with Gasteiger partial charge in [0.05, 0.1) is 6.42 Å². The van der Waals surface area contributed by atoms with Gasteiger partial charge in [0.15, 0.2) is 0 Å². The van der Waals surface area contributed by atoms with Crippen LogP contribution >= 0.6 is 8.03 Å². The molecule has 82 valence electrons. The van der Waals surface area contributed by atoms with Gasteiger partial charge in [-0.25, -0.2) is 0 Å². The maximum atomic E-state index is 11.2. The second-order valence-corrected chi connectivity index (χ2v) is 4.13. The van der Waals surface area contributed by atoms with Crippen LogP contribution in [0.15, 0.2) is 30.3 Å². The molecule has 0 aliphatic rings. The van der Waals surface area contributed by atoms with Crippen LogP contribution in [0.2, 0.25) is 0 Å². The van der Waals surface area contributed by atoms with Gasteiger partial charge in [-0.2, -0.15) is 0 Å². The Bertz CT molecular complexity index is 328. The molecular formula is C9H13O4PSn. The number of carboxylic acids is 1. The molecule has 6 heteroatoms. The predicted molar refractivity (Wildman–Crippen MR) is 61.7 cm³/mol. The number of rotatable bonds is 5. The quantitative estimate of drug-likeness (QED) is 0.647. The number of hydrogen-bond donors (Lipinski definition) is 1. The fourth-order valence-corrected chi connectivity index (χ4v) is 1.80. The van der Waals surface area contributed by atoms with E-state index >= 15 is 0 Å². The molecule has 0 saturated heterocycles. The van der Waals surface area contributed by atoms with Crippen LogP contribution in [0.25, 0.3) is 0 Å². The molecular weight excluding hydrogens is 322 g/mol. The van der Waals surface area contributed by atoms with E-state index in [4.69, 9.17) is 9.63 Å². The summed E-state index contributed by atoms with van der Waals surface area (Å²) in [6, 6.07) is 8.72. The van der Waals surface area contributed by atoms with Crippen LogP contribution in [0, 0.1) is 0 Å². The monoisotopic (exact) mass is 336 g/mol. The summed E-state index contributed by atoms with van der Waals surface area (Å²) in [5, 5.41) is 8.35. The average Bonchev–Trinajstić information content (AvgIpc) is 2.16. The molecule has 0 heterocycles. The summed E-state index contributed by atoms with van der Waals surface area (Å²) in [4.78, 5) is 10.2. The molecule has 0 spiro atoms. The van der Waals surface area contributed by atoms with Crippen molar-refractivity contribution in [2.75, 3.05) is 6.16 Å². The van der Waals surface area contributed by atoms with Crippen LogP contribution in [-0.2, 0) is 9.36 Å². The molecule has 4 nitrogen and oxygen atoms in total. The van der Waals surface area contributed by atoms with Crippen LogP contribution in [0.1, 0.15) is 6.42 Å².